The first kappa shape index (κ1) is 24.7. The highest BCUT2D eigenvalue weighted by Crippen LogP contribution is 2.38. The summed E-state index contributed by atoms with van der Waals surface area (Å²) >= 11 is 11.8. The van der Waals surface area contributed by atoms with Gasteiger partial charge in [-0.3, -0.25) is 14.4 Å². The fourth-order valence-corrected chi connectivity index (χ4v) is 4.25. The summed E-state index contributed by atoms with van der Waals surface area (Å²) in [5.74, 6) is 0.130. The second-order valence-corrected chi connectivity index (χ2v) is 8.28. The van der Waals surface area contributed by atoms with Crippen molar-refractivity contribution in [3.05, 3.63) is 57.6 Å². The van der Waals surface area contributed by atoms with Crippen molar-refractivity contribution in [2.75, 3.05) is 33.9 Å². The SMILES string of the molecule is COc1ccc(OC)c([C@H]2CCCN2C(=O)CNC(=O)CNC(=O)c2ccc(Cl)cc2Cl)c1. The number of likely N-dealkylation sites (tertiary alicyclic amines) is 1. The maximum Gasteiger partial charge on any atom is 0.253 e. The smallest absolute Gasteiger partial charge is 0.253 e. The van der Waals surface area contributed by atoms with Gasteiger partial charge in [-0.1, -0.05) is 23.2 Å². The lowest BCUT2D eigenvalue weighted by Gasteiger charge is -2.27. The van der Waals surface area contributed by atoms with Gasteiger partial charge in [0.15, 0.2) is 0 Å². The minimum Gasteiger partial charge on any atom is -0.497 e. The van der Waals surface area contributed by atoms with Crippen LogP contribution in [0.4, 0.5) is 0 Å². The van der Waals surface area contributed by atoms with E-state index < -0.39 is 11.8 Å². The first-order chi connectivity index (χ1) is 15.8. The van der Waals surface area contributed by atoms with Crippen molar-refractivity contribution in [3.63, 3.8) is 0 Å². The fourth-order valence-electron chi connectivity index (χ4n) is 3.76. The van der Waals surface area contributed by atoms with E-state index in [9.17, 15) is 14.4 Å². The summed E-state index contributed by atoms with van der Waals surface area (Å²) in [6.07, 6.45) is 1.61. The minimum atomic E-state index is -0.511. The molecule has 0 saturated carbocycles. The molecule has 3 rings (SSSR count). The van der Waals surface area contributed by atoms with Gasteiger partial charge in [-0.25, -0.2) is 0 Å². The number of rotatable bonds is 8. The lowest BCUT2D eigenvalue weighted by atomic mass is 10.0. The summed E-state index contributed by atoms with van der Waals surface area (Å²) in [4.78, 5) is 39.0. The van der Waals surface area contributed by atoms with Gasteiger partial charge in [-0.15, -0.1) is 0 Å². The molecule has 0 bridgehead atoms. The van der Waals surface area contributed by atoms with Gasteiger partial charge in [0.1, 0.15) is 11.5 Å². The second-order valence-electron chi connectivity index (χ2n) is 7.44. The first-order valence-corrected chi connectivity index (χ1v) is 11.1. The predicted octanol–water partition coefficient (Wildman–Crippen LogP) is 3.22. The molecule has 1 saturated heterocycles. The van der Waals surface area contributed by atoms with Crippen molar-refractivity contribution in [1.82, 2.24) is 15.5 Å². The van der Waals surface area contributed by atoms with Crippen molar-refractivity contribution >= 4 is 40.9 Å². The number of nitrogens with zero attached hydrogens (tertiary/aromatic N) is 1. The number of benzene rings is 2. The Labute approximate surface area is 202 Å². The van der Waals surface area contributed by atoms with Gasteiger partial charge >= 0.3 is 0 Å². The highest BCUT2D eigenvalue weighted by molar-refractivity contribution is 6.36. The van der Waals surface area contributed by atoms with E-state index in [-0.39, 0.29) is 35.6 Å². The van der Waals surface area contributed by atoms with Crippen LogP contribution in [0.3, 0.4) is 0 Å². The number of ether oxygens (including phenoxy) is 2. The van der Waals surface area contributed by atoms with Crippen LogP contribution in [0.1, 0.15) is 34.8 Å². The van der Waals surface area contributed by atoms with Gasteiger partial charge in [0.05, 0.1) is 43.9 Å². The average molecular weight is 494 g/mol. The van der Waals surface area contributed by atoms with Gasteiger partial charge < -0.3 is 25.0 Å². The molecule has 0 unspecified atom stereocenters. The Balaban J connectivity index is 1.55. The molecule has 0 aromatic heterocycles. The normalized spacial score (nSPS) is 15.2. The molecule has 1 fully saturated rings. The Kier molecular flexibility index (Phi) is 8.41. The molecule has 0 spiro atoms. The van der Waals surface area contributed by atoms with Gasteiger partial charge in [-0.2, -0.15) is 0 Å². The molecule has 2 aromatic carbocycles. The molecule has 0 aliphatic carbocycles. The molecule has 2 N–H and O–H groups in total. The van der Waals surface area contributed by atoms with Crippen molar-refractivity contribution in [2.24, 2.45) is 0 Å². The molecule has 1 aliphatic rings. The van der Waals surface area contributed by atoms with E-state index in [1.165, 1.54) is 18.2 Å². The Morgan fingerprint density at radius 2 is 1.82 bits per heavy atom. The van der Waals surface area contributed by atoms with Gasteiger partial charge in [0, 0.05) is 17.1 Å². The summed E-state index contributed by atoms with van der Waals surface area (Å²) in [7, 11) is 3.16. The highest BCUT2D eigenvalue weighted by Gasteiger charge is 2.32. The Morgan fingerprint density at radius 3 is 2.52 bits per heavy atom. The fraction of sp³-hybridized carbons (Fsp3) is 0.348. The molecule has 1 heterocycles. The highest BCUT2D eigenvalue weighted by atomic mass is 35.5. The number of carbonyl (C=O) groups is 3. The van der Waals surface area contributed by atoms with Crippen LogP contribution >= 0.6 is 23.2 Å². The maximum absolute atomic E-state index is 12.8. The minimum absolute atomic E-state index is 0.175. The molecule has 8 nitrogen and oxygen atoms in total. The molecule has 10 heteroatoms. The molecule has 1 atom stereocenters. The maximum atomic E-state index is 12.8. The number of hydrogen-bond donors (Lipinski definition) is 2. The van der Waals surface area contributed by atoms with Crippen LogP contribution < -0.4 is 20.1 Å². The molecular formula is C23H25Cl2N3O5. The summed E-state index contributed by atoms with van der Waals surface area (Å²) < 4.78 is 10.8. The van der Waals surface area contributed by atoms with E-state index in [0.29, 0.717) is 23.1 Å². The monoisotopic (exact) mass is 493 g/mol. The number of carbonyl (C=O) groups excluding carboxylic acids is 3. The molecule has 0 radical (unpaired) electrons. The number of methoxy groups -OCH3 is 2. The zero-order chi connectivity index (χ0) is 24.0. The van der Waals surface area contributed by atoms with Crippen LogP contribution in [0, 0.1) is 0 Å². The summed E-state index contributed by atoms with van der Waals surface area (Å²) in [6, 6.07) is 9.76. The third-order valence-corrected chi connectivity index (χ3v) is 5.94. The lowest BCUT2D eigenvalue weighted by Crippen LogP contribution is -2.43. The van der Waals surface area contributed by atoms with E-state index in [0.717, 1.165) is 18.4 Å². The topological polar surface area (TPSA) is 97.0 Å². The number of nitrogens with one attached hydrogen (secondary N) is 2. The van der Waals surface area contributed by atoms with Crippen LogP contribution in [0.25, 0.3) is 0 Å². The standard InChI is InChI=1S/C23H25Cl2N3O5/c1-32-15-6-8-20(33-2)17(11-15)19-4-3-9-28(19)22(30)13-26-21(29)12-27-23(31)16-7-5-14(24)10-18(16)25/h5-8,10-11,19H,3-4,9,12-13H2,1-2H3,(H,26,29)(H,27,31)/t19-/m1/s1. The van der Waals surface area contributed by atoms with Crippen LogP contribution in [-0.2, 0) is 9.59 Å². The quantitative estimate of drug-likeness (QED) is 0.588. The number of hydrogen-bond acceptors (Lipinski definition) is 5. The summed E-state index contributed by atoms with van der Waals surface area (Å²) in [6.45, 7) is 0.100. The van der Waals surface area contributed by atoms with Gasteiger partial charge in [0.25, 0.3) is 5.91 Å². The molecular weight excluding hydrogens is 469 g/mol. The van der Waals surface area contributed by atoms with Crippen LogP contribution in [0.2, 0.25) is 10.0 Å². The number of amides is 3. The predicted molar refractivity (Wildman–Crippen MR) is 125 cm³/mol. The van der Waals surface area contributed by atoms with E-state index in [1.807, 2.05) is 12.1 Å². The number of halogens is 2. The van der Waals surface area contributed by atoms with Gasteiger partial charge in [0.2, 0.25) is 11.8 Å². The summed E-state index contributed by atoms with van der Waals surface area (Å²) in [5, 5.41) is 5.63. The van der Waals surface area contributed by atoms with Crippen LogP contribution in [0.15, 0.2) is 36.4 Å². The zero-order valence-electron chi connectivity index (χ0n) is 18.3. The van der Waals surface area contributed by atoms with E-state index in [1.54, 1.807) is 25.2 Å². The third-order valence-electron chi connectivity index (χ3n) is 5.39. The van der Waals surface area contributed by atoms with Crippen molar-refractivity contribution in [2.45, 2.75) is 18.9 Å². The molecule has 2 aromatic rings. The Morgan fingerprint density at radius 1 is 1.03 bits per heavy atom. The van der Waals surface area contributed by atoms with Crippen molar-refractivity contribution < 1.29 is 23.9 Å². The zero-order valence-corrected chi connectivity index (χ0v) is 19.8. The van der Waals surface area contributed by atoms with E-state index in [2.05, 4.69) is 10.6 Å². The second kappa shape index (κ2) is 11.2. The third kappa shape index (κ3) is 6.09. The van der Waals surface area contributed by atoms with E-state index >= 15 is 0 Å². The molecule has 176 valence electrons. The largest absolute Gasteiger partial charge is 0.497 e. The van der Waals surface area contributed by atoms with Crippen LogP contribution in [0.5, 0.6) is 11.5 Å². The Bertz CT molecular complexity index is 1050. The van der Waals surface area contributed by atoms with Crippen molar-refractivity contribution in [3.8, 4) is 11.5 Å². The Hall–Kier alpha value is -2.97. The van der Waals surface area contributed by atoms with Gasteiger partial charge in [-0.05, 0) is 49.2 Å². The first-order valence-electron chi connectivity index (χ1n) is 10.4. The molecule has 33 heavy (non-hydrogen) atoms. The summed E-state index contributed by atoms with van der Waals surface area (Å²) in [5.41, 5.74) is 1.07. The lowest BCUT2D eigenvalue weighted by molar-refractivity contribution is -0.133. The van der Waals surface area contributed by atoms with Crippen molar-refractivity contribution in [1.29, 1.82) is 0 Å². The molecule has 1 aliphatic heterocycles. The molecule has 3 amide bonds. The van der Waals surface area contributed by atoms with E-state index in [4.69, 9.17) is 32.7 Å². The average Bonchev–Trinajstić information content (AvgIpc) is 3.30. The van der Waals surface area contributed by atoms with Crippen LogP contribution in [-0.4, -0.2) is 56.5 Å².